The smallest absolute Gasteiger partial charge is 0.136 e. The van der Waals surface area contributed by atoms with Crippen LogP contribution in [0.1, 0.15) is 6.85 Å². The van der Waals surface area contributed by atoms with E-state index in [1.165, 1.54) is 49.2 Å². The van der Waals surface area contributed by atoms with Gasteiger partial charge in [-0.2, -0.15) is 0 Å². The Morgan fingerprint density at radius 1 is 0.362 bits per heavy atom. The zero-order valence-corrected chi connectivity index (χ0v) is 25.2. The fourth-order valence-electron chi connectivity index (χ4n) is 7.36. The molecule has 9 aromatic carbocycles. The quantitative estimate of drug-likeness (QED) is 0.183. The van der Waals surface area contributed by atoms with Crippen LogP contribution in [0, 0.1) is 0 Å². The first-order valence-corrected chi connectivity index (χ1v) is 15.8. The predicted molar refractivity (Wildman–Crippen MR) is 199 cm³/mol. The zero-order chi connectivity index (χ0) is 35.2. The summed E-state index contributed by atoms with van der Waals surface area (Å²) in [6.45, 7) is 0. The molecule has 1 heterocycles. The van der Waals surface area contributed by atoms with Crippen LogP contribution in [-0.4, -0.2) is 0 Å². The molecule has 0 amide bonds. The molecular weight excluding hydrogens is 569 g/mol. The van der Waals surface area contributed by atoms with E-state index >= 15 is 0 Å². The summed E-state index contributed by atoms with van der Waals surface area (Å²) in [5.41, 5.74) is 8.92. The molecular formula is C46H28O. The Kier molecular flexibility index (Phi) is 4.66. The minimum atomic E-state index is -0.405. The van der Waals surface area contributed by atoms with E-state index in [2.05, 4.69) is 103 Å². The van der Waals surface area contributed by atoms with E-state index in [-0.39, 0.29) is 29.7 Å². The minimum Gasteiger partial charge on any atom is -0.456 e. The highest BCUT2D eigenvalue weighted by atomic mass is 16.3. The van der Waals surface area contributed by atoms with Crippen molar-refractivity contribution >= 4 is 54.3 Å². The highest BCUT2D eigenvalue weighted by molar-refractivity contribution is 6.28. The normalized spacial score (nSPS) is 13.3. The van der Waals surface area contributed by atoms with E-state index in [0.717, 1.165) is 32.9 Å². The van der Waals surface area contributed by atoms with Gasteiger partial charge >= 0.3 is 0 Å². The van der Waals surface area contributed by atoms with Crippen molar-refractivity contribution < 1.29 is 11.3 Å². The van der Waals surface area contributed by atoms with Crippen LogP contribution in [0.5, 0.6) is 0 Å². The molecule has 0 saturated carbocycles. The number of furan rings is 1. The van der Waals surface area contributed by atoms with E-state index in [1.54, 1.807) is 6.07 Å². The van der Waals surface area contributed by atoms with Crippen molar-refractivity contribution in [2.75, 3.05) is 0 Å². The maximum Gasteiger partial charge on any atom is 0.136 e. The molecule has 0 radical (unpaired) electrons. The molecule has 0 N–H and O–H groups in total. The predicted octanol–water partition coefficient (Wildman–Crippen LogP) is 13.2. The van der Waals surface area contributed by atoms with Crippen LogP contribution in [0.4, 0.5) is 0 Å². The summed E-state index contributed by atoms with van der Waals surface area (Å²) in [5.74, 6) is 0. The number of benzene rings is 9. The molecule has 0 unspecified atom stereocenters. The lowest BCUT2D eigenvalue weighted by Gasteiger charge is -2.17. The van der Waals surface area contributed by atoms with Crippen LogP contribution in [0.15, 0.2) is 174 Å². The van der Waals surface area contributed by atoms with Crippen molar-refractivity contribution in [2.24, 2.45) is 0 Å². The van der Waals surface area contributed by atoms with Crippen LogP contribution in [-0.2, 0) is 0 Å². The molecule has 1 heteroatoms. The number of hydrogen-bond acceptors (Lipinski definition) is 1. The third-order valence-corrected chi connectivity index (χ3v) is 9.54. The van der Waals surface area contributed by atoms with E-state index in [0.29, 0.717) is 11.1 Å². The van der Waals surface area contributed by atoms with Crippen molar-refractivity contribution in [1.29, 1.82) is 0 Å². The highest BCUT2D eigenvalue weighted by Crippen LogP contribution is 2.45. The van der Waals surface area contributed by atoms with E-state index in [9.17, 15) is 0 Å². The largest absolute Gasteiger partial charge is 0.456 e. The monoisotopic (exact) mass is 601 g/mol. The second-order valence-electron chi connectivity index (χ2n) is 12.1. The van der Waals surface area contributed by atoms with Gasteiger partial charge in [-0.15, -0.1) is 0 Å². The maximum absolute atomic E-state index is 8.60. The molecule has 0 bridgehead atoms. The first-order chi connectivity index (χ1) is 25.4. The minimum absolute atomic E-state index is 0.174. The summed E-state index contributed by atoms with van der Waals surface area (Å²) in [5, 5.41) is 8.87. The molecule has 10 aromatic rings. The fourth-order valence-corrected chi connectivity index (χ4v) is 7.36. The van der Waals surface area contributed by atoms with Gasteiger partial charge in [-0.1, -0.05) is 152 Å². The van der Waals surface area contributed by atoms with Crippen molar-refractivity contribution in [3.8, 4) is 44.5 Å². The summed E-state index contributed by atoms with van der Waals surface area (Å²) in [4.78, 5) is 0. The molecule has 47 heavy (non-hydrogen) atoms. The Labute approximate surface area is 279 Å². The van der Waals surface area contributed by atoms with Gasteiger partial charge in [0.05, 0.1) is 6.85 Å². The standard InChI is InChI=1S/C46H28O/c1-3-8-29(9-4-1)31-14-16-32(17-15-31)36-23-18-33-21-26-40-37(24-19-34-20-25-39(36)44(33)45(34)40)38-12-7-13-43-46(38)41-28-35(22-27-42(41)47-43)30-10-5-2-6-11-30/h1-28H/i2D,5D,6D,10D,11D. The Morgan fingerprint density at radius 3 is 1.77 bits per heavy atom. The average Bonchev–Trinajstić information content (AvgIpc) is 3.57. The van der Waals surface area contributed by atoms with Gasteiger partial charge in [-0.25, -0.2) is 0 Å². The molecule has 218 valence electrons. The van der Waals surface area contributed by atoms with E-state index < -0.39 is 6.04 Å². The first-order valence-electron chi connectivity index (χ1n) is 18.3. The molecule has 10 rings (SSSR count). The molecule has 0 spiro atoms. The summed E-state index contributed by atoms with van der Waals surface area (Å²) >= 11 is 0. The topological polar surface area (TPSA) is 13.1 Å². The van der Waals surface area contributed by atoms with Crippen molar-refractivity contribution in [3.05, 3.63) is 170 Å². The van der Waals surface area contributed by atoms with Crippen LogP contribution in [0.2, 0.25) is 0 Å². The highest BCUT2D eigenvalue weighted by Gasteiger charge is 2.18. The lowest BCUT2D eigenvalue weighted by atomic mass is 9.86. The van der Waals surface area contributed by atoms with Crippen LogP contribution in [0.25, 0.3) is 98.8 Å². The summed E-state index contributed by atoms with van der Waals surface area (Å²) in [7, 11) is 0. The van der Waals surface area contributed by atoms with Crippen molar-refractivity contribution in [2.45, 2.75) is 0 Å². The lowest BCUT2D eigenvalue weighted by Crippen LogP contribution is -1.90. The second kappa shape index (κ2) is 10.2. The maximum atomic E-state index is 8.60. The number of hydrogen-bond donors (Lipinski definition) is 0. The van der Waals surface area contributed by atoms with E-state index in [4.69, 9.17) is 11.3 Å². The zero-order valence-electron chi connectivity index (χ0n) is 30.2. The molecule has 0 aliphatic rings. The van der Waals surface area contributed by atoms with Crippen molar-refractivity contribution in [3.63, 3.8) is 0 Å². The van der Waals surface area contributed by atoms with Crippen LogP contribution in [0.3, 0.4) is 0 Å². The van der Waals surface area contributed by atoms with Crippen molar-refractivity contribution in [1.82, 2.24) is 0 Å². The van der Waals surface area contributed by atoms with Gasteiger partial charge in [-0.05, 0) is 95.0 Å². The third kappa shape index (κ3) is 4.03. The van der Waals surface area contributed by atoms with Crippen LogP contribution >= 0.6 is 0 Å². The van der Waals surface area contributed by atoms with Gasteiger partial charge in [0.1, 0.15) is 11.2 Å². The summed E-state index contributed by atoms with van der Waals surface area (Å²) in [6, 6.07) is 46.9. The van der Waals surface area contributed by atoms with Gasteiger partial charge in [0.25, 0.3) is 0 Å². The molecule has 0 aliphatic heterocycles. The Morgan fingerprint density at radius 2 is 1.00 bits per heavy atom. The van der Waals surface area contributed by atoms with Gasteiger partial charge in [0, 0.05) is 10.8 Å². The molecule has 0 aliphatic carbocycles. The summed E-state index contributed by atoms with van der Waals surface area (Å²) < 4.78 is 48.1. The third-order valence-electron chi connectivity index (χ3n) is 9.54. The molecule has 0 fully saturated rings. The Bertz CT molecular complexity index is 3020. The lowest BCUT2D eigenvalue weighted by molar-refractivity contribution is 0.669. The van der Waals surface area contributed by atoms with Gasteiger partial charge in [0.15, 0.2) is 0 Å². The van der Waals surface area contributed by atoms with Gasteiger partial charge in [0.2, 0.25) is 0 Å². The molecule has 1 aromatic heterocycles. The average molecular weight is 602 g/mol. The summed E-state index contributed by atoms with van der Waals surface area (Å²) in [6.07, 6.45) is 0. The molecule has 0 saturated heterocycles. The molecule has 1 nitrogen and oxygen atoms in total. The SMILES string of the molecule is [2H]c1c([2H])c([2H])c(-c2ccc3oc4cccc(-c5ccc6ccc7c(-c8ccc(-c9ccccc9)cc8)ccc8ccc5c6c87)c4c3c2)c([2H])c1[2H]. The first kappa shape index (κ1) is 21.5. The van der Waals surface area contributed by atoms with Gasteiger partial charge in [-0.3, -0.25) is 0 Å². The van der Waals surface area contributed by atoms with Gasteiger partial charge < -0.3 is 4.42 Å². The fraction of sp³-hybridized carbons (Fsp3) is 0. The Hall–Kier alpha value is -6.18. The second-order valence-corrected chi connectivity index (χ2v) is 12.1. The Balaban J connectivity index is 1.18. The molecule has 0 atom stereocenters. The number of fused-ring (bicyclic) bond motifs is 3. The van der Waals surface area contributed by atoms with Crippen LogP contribution < -0.4 is 0 Å². The number of rotatable bonds is 4. The van der Waals surface area contributed by atoms with E-state index in [1.807, 2.05) is 30.3 Å².